The fraction of sp³-hybridized carbons (Fsp3) is 0.143. The number of halogens is 3. The summed E-state index contributed by atoms with van der Waals surface area (Å²) in [6.45, 7) is 1.68. The molecule has 1 nitrogen and oxygen atoms in total. The van der Waals surface area contributed by atoms with Crippen molar-refractivity contribution in [1.29, 1.82) is 0 Å². The van der Waals surface area contributed by atoms with Gasteiger partial charge in [-0.25, -0.2) is 4.39 Å². The van der Waals surface area contributed by atoms with Gasteiger partial charge < -0.3 is 4.74 Å². The molecule has 0 bridgehead atoms. The third-order valence-electron chi connectivity index (χ3n) is 2.56. The molecule has 0 amide bonds. The van der Waals surface area contributed by atoms with Crippen LogP contribution in [0.5, 0.6) is 11.5 Å². The Hall–Kier alpha value is -1.25. The van der Waals surface area contributed by atoms with Gasteiger partial charge in [-0.05, 0) is 24.6 Å². The number of para-hydroxylation sites is 1. The molecule has 0 saturated carbocycles. The van der Waals surface area contributed by atoms with Crippen LogP contribution in [0.3, 0.4) is 0 Å². The number of hydrogen-bond donors (Lipinski definition) is 0. The quantitative estimate of drug-likeness (QED) is 0.693. The summed E-state index contributed by atoms with van der Waals surface area (Å²) in [5.41, 5.74) is 1.25. The maximum Gasteiger partial charge on any atom is 0.168 e. The van der Waals surface area contributed by atoms with Gasteiger partial charge in [0, 0.05) is 5.56 Å². The molecule has 0 saturated heterocycles. The van der Waals surface area contributed by atoms with E-state index in [-0.39, 0.29) is 11.6 Å². The first-order valence-corrected chi connectivity index (χ1v) is 6.31. The van der Waals surface area contributed by atoms with E-state index in [1.54, 1.807) is 43.3 Å². The minimum Gasteiger partial charge on any atom is -0.452 e. The number of hydrogen-bond acceptors (Lipinski definition) is 1. The van der Waals surface area contributed by atoms with Gasteiger partial charge in [0.25, 0.3) is 0 Å². The zero-order valence-electron chi connectivity index (χ0n) is 9.71. The van der Waals surface area contributed by atoms with E-state index in [9.17, 15) is 4.39 Å². The summed E-state index contributed by atoms with van der Waals surface area (Å²) < 4.78 is 19.4. The predicted molar refractivity (Wildman–Crippen MR) is 72.2 cm³/mol. The second-order valence-corrected chi connectivity index (χ2v) is 4.53. The van der Waals surface area contributed by atoms with Crippen molar-refractivity contribution in [2.45, 2.75) is 12.8 Å². The number of rotatable bonds is 3. The Morgan fingerprint density at radius 2 is 1.89 bits per heavy atom. The van der Waals surface area contributed by atoms with Crippen LogP contribution in [0.1, 0.15) is 11.1 Å². The van der Waals surface area contributed by atoms with E-state index in [2.05, 4.69) is 0 Å². The van der Waals surface area contributed by atoms with E-state index in [1.165, 1.54) is 0 Å². The van der Waals surface area contributed by atoms with Crippen LogP contribution < -0.4 is 4.74 Å². The second-order valence-electron chi connectivity index (χ2n) is 3.85. The van der Waals surface area contributed by atoms with Gasteiger partial charge in [-0.2, -0.15) is 0 Å². The van der Waals surface area contributed by atoms with Crippen molar-refractivity contribution in [1.82, 2.24) is 0 Å². The van der Waals surface area contributed by atoms with Gasteiger partial charge in [-0.3, -0.25) is 0 Å². The smallest absolute Gasteiger partial charge is 0.168 e. The monoisotopic (exact) mass is 284 g/mol. The third-order valence-corrected chi connectivity index (χ3v) is 3.15. The highest BCUT2D eigenvalue weighted by Gasteiger charge is 2.12. The summed E-state index contributed by atoms with van der Waals surface area (Å²) in [5, 5.41) is 0.411. The van der Waals surface area contributed by atoms with E-state index in [4.69, 9.17) is 27.9 Å². The van der Waals surface area contributed by atoms with E-state index < -0.39 is 5.82 Å². The van der Waals surface area contributed by atoms with Crippen molar-refractivity contribution in [3.05, 3.63) is 58.4 Å². The van der Waals surface area contributed by atoms with Crippen molar-refractivity contribution in [2.75, 3.05) is 0 Å². The lowest BCUT2D eigenvalue weighted by molar-refractivity contribution is 0.437. The fourth-order valence-corrected chi connectivity index (χ4v) is 2.03. The van der Waals surface area contributed by atoms with Crippen LogP contribution in [-0.4, -0.2) is 0 Å². The predicted octanol–water partition coefficient (Wildman–Crippen LogP) is 5.32. The van der Waals surface area contributed by atoms with Gasteiger partial charge >= 0.3 is 0 Å². The van der Waals surface area contributed by atoms with E-state index in [0.29, 0.717) is 16.3 Å². The highest BCUT2D eigenvalue weighted by molar-refractivity contribution is 6.32. The zero-order valence-corrected chi connectivity index (χ0v) is 11.2. The SMILES string of the molecule is Cc1cccc(Oc2c(Cl)cccc2CCl)c1F. The lowest BCUT2D eigenvalue weighted by Gasteiger charge is -2.12. The molecule has 0 aliphatic carbocycles. The molecule has 2 rings (SSSR count). The normalized spacial score (nSPS) is 10.4. The lowest BCUT2D eigenvalue weighted by atomic mass is 10.2. The summed E-state index contributed by atoms with van der Waals surface area (Å²) >= 11 is 11.9. The Morgan fingerprint density at radius 1 is 1.17 bits per heavy atom. The molecule has 0 N–H and O–H groups in total. The highest BCUT2D eigenvalue weighted by Crippen LogP contribution is 2.35. The maximum absolute atomic E-state index is 13.9. The summed E-state index contributed by atoms with van der Waals surface area (Å²) in [6.07, 6.45) is 0. The molecule has 0 heterocycles. The van der Waals surface area contributed by atoms with Gasteiger partial charge in [-0.15, -0.1) is 11.6 Å². The van der Waals surface area contributed by atoms with Gasteiger partial charge in [-0.1, -0.05) is 35.9 Å². The van der Waals surface area contributed by atoms with Gasteiger partial charge in [0.15, 0.2) is 17.3 Å². The molecule has 0 atom stereocenters. The van der Waals surface area contributed by atoms with Crippen LogP contribution in [0, 0.1) is 12.7 Å². The molecular formula is C14H11Cl2FO. The minimum atomic E-state index is -0.391. The average Bonchev–Trinajstić information content (AvgIpc) is 2.37. The Kier molecular flexibility index (Phi) is 4.10. The van der Waals surface area contributed by atoms with E-state index >= 15 is 0 Å². The Bertz CT molecular complexity index is 570. The third kappa shape index (κ3) is 2.60. The number of alkyl halides is 1. The highest BCUT2D eigenvalue weighted by atomic mass is 35.5. The largest absolute Gasteiger partial charge is 0.452 e. The zero-order chi connectivity index (χ0) is 13.1. The summed E-state index contributed by atoms with van der Waals surface area (Å²) in [7, 11) is 0. The standard InChI is InChI=1S/C14H11Cl2FO/c1-9-4-2-7-12(13(9)17)18-14-10(8-15)5-3-6-11(14)16/h2-7H,8H2,1H3. The van der Waals surface area contributed by atoms with Gasteiger partial charge in [0.05, 0.1) is 10.9 Å². The molecule has 2 aromatic rings. The van der Waals surface area contributed by atoms with E-state index in [1.807, 2.05) is 0 Å². The van der Waals surface area contributed by atoms with Crippen LogP contribution in [0.4, 0.5) is 4.39 Å². The van der Waals surface area contributed by atoms with Crippen molar-refractivity contribution >= 4 is 23.2 Å². The minimum absolute atomic E-state index is 0.148. The Labute approximate surface area is 115 Å². The molecule has 4 heteroatoms. The summed E-state index contributed by atoms with van der Waals surface area (Å²) in [6, 6.07) is 10.2. The fourth-order valence-electron chi connectivity index (χ4n) is 1.58. The molecule has 0 aliphatic rings. The van der Waals surface area contributed by atoms with Crippen molar-refractivity contribution in [3.63, 3.8) is 0 Å². The van der Waals surface area contributed by atoms with Crippen LogP contribution >= 0.6 is 23.2 Å². The first kappa shape index (κ1) is 13.2. The second kappa shape index (κ2) is 5.59. The summed E-state index contributed by atoms with van der Waals surface area (Å²) in [4.78, 5) is 0. The molecule has 18 heavy (non-hydrogen) atoms. The molecule has 0 spiro atoms. The molecule has 0 aromatic heterocycles. The number of ether oxygens (including phenoxy) is 1. The van der Waals surface area contributed by atoms with Gasteiger partial charge in [0.2, 0.25) is 0 Å². The Balaban J connectivity index is 2.43. The first-order valence-electron chi connectivity index (χ1n) is 5.40. The van der Waals surface area contributed by atoms with Crippen LogP contribution in [0.15, 0.2) is 36.4 Å². The Morgan fingerprint density at radius 3 is 2.61 bits per heavy atom. The first-order chi connectivity index (χ1) is 8.63. The molecule has 0 radical (unpaired) electrons. The topological polar surface area (TPSA) is 9.23 Å². The number of aryl methyl sites for hydroxylation is 1. The summed E-state index contributed by atoms with van der Waals surface area (Å²) in [5.74, 6) is 0.412. The van der Waals surface area contributed by atoms with E-state index in [0.717, 1.165) is 5.56 Å². The molecular weight excluding hydrogens is 274 g/mol. The van der Waals surface area contributed by atoms with Crippen molar-refractivity contribution < 1.29 is 9.13 Å². The van der Waals surface area contributed by atoms with Crippen molar-refractivity contribution in [3.8, 4) is 11.5 Å². The molecule has 94 valence electrons. The average molecular weight is 285 g/mol. The molecule has 2 aromatic carbocycles. The molecule has 0 fully saturated rings. The maximum atomic E-state index is 13.9. The van der Waals surface area contributed by atoms with Crippen LogP contribution in [0.25, 0.3) is 0 Å². The lowest BCUT2D eigenvalue weighted by Crippen LogP contribution is -1.94. The van der Waals surface area contributed by atoms with Gasteiger partial charge in [0.1, 0.15) is 0 Å². The number of benzene rings is 2. The van der Waals surface area contributed by atoms with Crippen LogP contribution in [-0.2, 0) is 5.88 Å². The molecule has 0 unspecified atom stereocenters. The van der Waals surface area contributed by atoms with Crippen LogP contribution in [0.2, 0.25) is 5.02 Å². The molecule has 0 aliphatic heterocycles. The van der Waals surface area contributed by atoms with Crippen molar-refractivity contribution in [2.24, 2.45) is 0 Å².